The SMILES string of the molecule is COC(=O)C(N)CSCCOc1ccc(Cl)cc1. The quantitative estimate of drug-likeness (QED) is 0.614. The minimum atomic E-state index is -0.574. The van der Waals surface area contributed by atoms with E-state index in [0.29, 0.717) is 17.4 Å². The summed E-state index contributed by atoms with van der Waals surface area (Å²) < 4.78 is 10.0. The van der Waals surface area contributed by atoms with Gasteiger partial charge in [0.05, 0.1) is 13.7 Å². The Balaban J connectivity index is 2.12. The first-order chi connectivity index (χ1) is 8.63. The van der Waals surface area contributed by atoms with E-state index >= 15 is 0 Å². The number of thioether (sulfide) groups is 1. The molecule has 0 heterocycles. The van der Waals surface area contributed by atoms with Crippen LogP contribution in [0.3, 0.4) is 0 Å². The van der Waals surface area contributed by atoms with Crippen LogP contribution in [0, 0.1) is 0 Å². The molecule has 0 amide bonds. The van der Waals surface area contributed by atoms with Crippen LogP contribution in [0.4, 0.5) is 0 Å². The number of rotatable bonds is 7. The zero-order valence-corrected chi connectivity index (χ0v) is 11.7. The third-order valence-electron chi connectivity index (χ3n) is 2.11. The molecule has 6 heteroatoms. The molecule has 0 aliphatic carbocycles. The van der Waals surface area contributed by atoms with E-state index in [1.54, 1.807) is 23.9 Å². The third-order valence-corrected chi connectivity index (χ3v) is 3.41. The number of methoxy groups -OCH3 is 1. The van der Waals surface area contributed by atoms with E-state index in [-0.39, 0.29) is 5.97 Å². The Hall–Kier alpha value is -0.910. The lowest BCUT2D eigenvalue weighted by Crippen LogP contribution is -2.34. The second-order valence-corrected chi connectivity index (χ2v) is 5.09. The summed E-state index contributed by atoms with van der Waals surface area (Å²) in [7, 11) is 1.33. The van der Waals surface area contributed by atoms with Crippen LogP contribution in [0.15, 0.2) is 24.3 Å². The molecule has 0 fully saturated rings. The summed E-state index contributed by atoms with van der Waals surface area (Å²) in [4.78, 5) is 11.0. The van der Waals surface area contributed by atoms with E-state index in [2.05, 4.69) is 4.74 Å². The molecule has 0 aliphatic rings. The first-order valence-electron chi connectivity index (χ1n) is 5.43. The molecule has 1 atom stereocenters. The van der Waals surface area contributed by atoms with Crippen molar-refractivity contribution in [2.24, 2.45) is 5.73 Å². The second kappa shape index (κ2) is 8.24. The maximum Gasteiger partial charge on any atom is 0.323 e. The van der Waals surface area contributed by atoms with Crippen molar-refractivity contribution in [1.29, 1.82) is 0 Å². The summed E-state index contributed by atoms with van der Waals surface area (Å²) in [6, 6.07) is 6.60. The van der Waals surface area contributed by atoms with E-state index in [1.165, 1.54) is 7.11 Å². The highest BCUT2D eigenvalue weighted by Crippen LogP contribution is 2.15. The smallest absolute Gasteiger partial charge is 0.323 e. The third kappa shape index (κ3) is 5.62. The summed E-state index contributed by atoms with van der Waals surface area (Å²) in [5.41, 5.74) is 5.59. The largest absolute Gasteiger partial charge is 0.493 e. The molecule has 0 aromatic heterocycles. The van der Waals surface area contributed by atoms with Crippen LogP contribution in [-0.2, 0) is 9.53 Å². The van der Waals surface area contributed by atoms with Crippen molar-refractivity contribution in [2.75, 3.05) is 25.2 Å². The first kappa shape index (κ1) is 15.1. The minimum absolute atomic E-state index is 0.388. The highest BCUT2D eigenvalue weighted by atomic mass is 35.5. The van der Waals surface area contributed by atoms with Crippen LogP contribution in [0.25, 0.3) is 0 Å². The van der Waals surface area contributed by atoms with Crippen molar-refractivity contribution in [3.8, 4) is 5.75 Å². The average Bonchev–Trinajstić information content (AvgIpc) is 2.39. The molecule has 18 heavy (non-hydrogen) atoms. The topological polar surface area (TPSA) is 61.5 Å². The van der Waals surface area contributed by atoms with Gasteiger partial charge >= 0.3 is 5.97 Å². The summed E-state index contributed by atoms with van der Waals surface area (Å²) in [5, 5.41) is 0.681. The van der Waals surface area contributed by atoms with Crippen LogP contribution in [0.1, 0.15) is 0 Å². The lowest BCUT2D eigenvalue weighted by Gasteiger charge is -2.09. The fourth-order valence-electron chi connectivity index (χ4n) is 1.18. The summed E-state index contributed by atoms with van der Waals surface area (Å²) in [5.74, 6) is 1.67. The summed E-state index contributed by atoms with van der Waals surface area (Å²) in [6.07, 6.45) is 0. The van der Waals surface area contributed by atoms with E-state index in [4.69, 9.17) is 22.1 Å². The van der Waals surface area contributed by atoms with Gasteiger partial charge in [0, 0.05) is 16.5 Å². The second-order valence-electron chi connectivity index (χ2n) is 3.51. The van der Waals surface area contributed by atoms with Gasteiger partial charge in [-0.1, -0.05) is 11.6 Å². The monoisotopic (exact) mass is 289 g/mol. The van der Waals surface area contributed by atoms with Gasteiger partial charge in [-0.05, 0) is 24.3 Å². The number of carbonyl (C=O) groups is 1. The lowest BCUT2D eigenvalue weighted by molar-refractivity contribution is -0.141. The predicted molar refractivity (Wildman–Crippen MR) is 74.3 cm³/mol. The molecule has 0 aliphatic heterocycles. The lowest BCUT2D eigenvalue weighted by atomic mass is 10.3. The molecule has 2 N–H and O–H groups in total. The van der Waals surface area contributed by atoms with E-state index in [1.807, 2.05) is 12.1 Å². The number of esters is 1. The Morgan fingerprint density at radius 1 is 1.44 bits per heavy atom. The van der Waals surface area contributed by atoms with Gasteiger partial charge in [0.15, 0.2) is 0 Å². The average molecular weight is 290 g/mol. The Labute approximate surface area is 116 Å². The maximum atomic E-state index is 11.0. The highest BCUT2D eigenvalue weighted by molar-refractivity contribution is 7.99. The molecule has 0 spiro atoms. The number of benzene rings is 1. The van der Waals surface area contributed by atoms with Crippen molar-refractivity contribution in [2.45, 2.75) is 6.04 Å². The number of ether oxygens (including phenoxy) is 2. The van der Waals surface area contributed by atoms with Crippen molar-refractivity contribution in [3.63, 3.8) is 0 Å². The fraction of sp³-hybridized carbons (Fsp3) is 0.417. The minimum Gasteiger partial charge on any atom is -0.493 e. The number of nitrogens with two attached hydrogens (primary N) is 1. The van der Waals surface area contributed by atoms with Gasteiger partial charge in [0.2, 0.25) is 0 Å². The number of hydrogen-bond acceptors (Lipinski definition) is 5. The molecule has 1 aromatic carbocycles. The van der Waals surface area contributed by atoms with Crippen molar-refractivity contribution in [1.82, 2.24) is 0 Å². The first-order valence-corrected chi connectivity index (χ1v) is 6.96. The van der Waals surface area contributed by atoms with Gasteiger partial charge in [-0.3, -0.25) is 4.79 Å². The number of carbonyl (C=O) groups excluding carboxylic acids is 1. The van der Waals surface area contributed by atoms with E-state index in [0.717, 1.165) is 11.5 Å². The molecular weight excluding hydrogens is 274 g/mol. The molecule has 4 nitrogen and oxygen atoms in total. The molecular formula is C12H16ClNO3S. The molecule has 0 radical (unpaired) electrons. The maximum absolute atomic E-state index is 11.0. The van der Waals surface area contributed by atoms with Gasteiger partial charge in [-0.2, -0.15) is 11.8 Å². The Morgan fingerprint density at radius 3 is 2.72 bits per heavy atom. The van der Waals surface area contributed by atoms with Gasteiger partial charge in [0.25, 0.3) is 0 Å². The molecule has 0 bridgehead atoms. The Morgan fingerprint density at radius 2 is 2.11 bits per heavy atom. The van der Waals surface area contributed by atoms with Gasteiger partial charge < -0.3 is 15.2 Å². The standard InChI is InChI=1S/C12H16ClNO3S/c1-16-12(15)11(14)8-18-7-6-17-10-4-2-9(13)3-5-10/h2-5,11H,6-8,14H2,1H3. The Kier molecular flexibility index (Phi) is 6.93. The predicted octanol–water partition coefficient (Wildman–Crippen LogP) is 1.95. The van der Waals surface area contributed by atoms with Crippen LogP contribution in [-0.4, -0.2) is 37.2 Å². The molecule has 1 rings (SSSR count). The molecule has 0 saturated carbocycles. The number of hydrogen-bond donors (Lipinski definition) is 1. The molecule has 100 valence electrons. The normalized spacial score (nSPS) is 11.9. The van der Waals surface area contributed by atoms with Gasteiger partial charge in [0.1, 0.15) is 11.8 Å². The molecule has 1 aromatic rings. The van der Waals surface area contributed by atoms with E-state index < -0.39 is 6.04 Å². The summed E-state index contributed by atoms with van der Waals surface area (Å²) >= 11 is 7.31. The number of halogens is 1. The zero-order valence-electron chi connectivity index (χ0n) is 10.1. The molecule has 1 unspecified atom stereocenters. The van der Waals surface area contributed by atoms with Gasteiger partial charge in [-0.15, -0.1) is 0 Å². The van der Waals surface area contributed by atoms with Crippen molar-refractivity contribution >= 4 is 29.3 Å². The Bertz CT molecular complexity index is 372. The highest BCUT2D eigenvalue weighted by Gasteiger charge is 2.12. The van der Waals surface area contributed by atoms with E-state index in [9.17, 15) is 4.79 Å². The molecule has 0 saturated heterocycles. The zero-order chi connectivity index (χ0) is 13.4. The fourth-order valence-corrected chi connectivity index (χ4v) is 2.06. The van der Waals surface area contributed by atoms with Crippen LogP contribution >= 0.6 is 23.4 Å². The van der Waals surface area contributed by atoms with Crippen LogP contribution < -0.4 is 10.5 Å². The van der Waals surface area contributed by atoms with Crippen molar-refractivity contribution in [3.05, 3.63) is 29.3 Å². The van der Waals surface area contributed by atoms with Crippen molar-refractivity contribution < 1.29 is 14.3 Å². The van der Waals surface area contributed by atoms with Crippen LogP contribution in [0.5, 0.6) is 5.75 Å². The van der Waals surface area contributed by atoms with Crippen LogP contribution in [0.2, 0.25) is 5.02 Å². The summed E-state index contributed by atoms with van der Waals surface area (Å²) in [6.45, 7) is 0.556. The van der Waals surface area contributed by atoms with Gasteiger partial charge in [-0.25, -0.2) is 0 Å².